The number of hydrogen-bond acceptors (Lipinski definition) is 4. The highest BCUT2D eigenvalue weighted by molar-refractivity contribution is 7.17. The van der Waals surface area contributed by atoms with Crippen molar-refractivity contribution in [1.29, 1.82) is 0 Å². The molecule has 5 aromatic rings. The third kappa shape index (κ3) is 3.34. The molecule has 0 aliphatic heterocycles. The lowest BCUT2D eigenvalue weighted by Gasteiger charge is -2.07. The standard InChI is InChI=1S/C24H20N4O3S/c1-14-26-9-11-27(14)23-7-6-21(32-23)15-2-4-17-18-5-3-16(24(30)31)13-20(18)28(19(17)12-15)10-8-22(25)29/h2-7,9,11-13H,8,10H2,1H3,(H2,25,29)(H,30,31). The summed E-state index contributed by atoms with van der Waals surface area (Å²) in [4.78, 5) is 28.4. The highest BCUT2D eigenvalue weighted by atomic mass is 32.1. The van der Waals surface area contributed by atoms with Crippen molar-refractivity contribution in [3.8, 4) is 15.4 Å². The third-order valence-corrected chi connectivity index (χ3v) is 6.77. The van der Waals surface area contributed by atoms with Gasteiger partial charge in [0.25, 0.3) is 0 Å². The minimum absolute atomic E-state index is 0.170. The van der Waals surface area contributed by atoms with Crippen molar-refractivity contribution in [1.82, 2.24) is 14.1 Å². The quantitative estimate of drug-likeness (QED) is 0.400. The molecule has 0 saturated heterocycles. The Bertz CT molecular complexity index is 1510. The number of primary amides is 1. The Balaban J connectivity index is 1.67. The number of rotatable bonds is 6. The minimum Gasteiger partial charge on any atom is -0.478 e. The van der Waals surface area contributed by atoms with Crippen molar-refractivity contribution in [2.24, 2.45) is 5.73 Å². The molecule has 0 saturated carbocycles. The van der Waals surface area contributed by atoms with Crippen LogP contribution in [0, 0.1) is 6.92 Å². The molecule has 1 amide bonds. The lowest BCUT2D eigenvalue weighted by Crippen LogP contribution is -2.13. The lowest BCUT2D eigenvalue weighted by molar-refractivity contribution is -0.118. The molecule has 0 unspecified atom stereocenters. The van der Waals surface area contributed by atoms with Gasteiger partial charge in [-0.1, -0.05) is 18.2 Å². The number of imidazole rings is 1. The fourth-order valence-electron chi connectivity index (χ4n) is 4.07. The number of aryl methyl sites for hydroxylation is 2. The molecule has 3 aromatic heterocycles. The Labute approximate surface area is 187 Å². The molecule has 3 N–H and O–H groups in total. The number of amides is 1. The van der Waals surface area contributed by atoms with Gasteiger partial charge in [0.15, 0.2) is 0 Å². The van der Waals surface area contributed by atoms with E-state index in [2.05, 4.69) is 35.3 Å². The first-order valence-electron chi connectivity index (χ1n) is 10.1. The van der Waals surface area contributed by atoms with E-state index in [0.717, 1.165) is 43.1 Å². The van der Waals surface area contributed by atoms with Crippen LogP contribution in [0.1, 0.15) is 22.6 Å². The molecule has 5 rings (SSSR count). The number of carboxylic acid groups (broad SMARTS) is 1. The normalized spacial score (nSPS) is 11.4. The molecule has 0 bridgehead atoms. The zero-order chi connectivity index (χ0) is 22.4. The molecular formula is C24H20N4O3S. The van der Waals surface area contributed by atoms with Gasteiger partial charge in [0.2, 0.25) is 5.91 Å². The summed E-state index contributed by atoms with van der Waals surface area (Å²) in [6, 6.07) is 15.5. The van der Waals surface area contributed by atoms with Gasteiger partial charge in [-0.2, -0.15) is 0 Å². The van der Waals surface area contributed by atoms with Gasteiger partial charge in [0.1, 0.15) is 10.8 Å². The number of hydrogen-bond donors (Lipinski definition) is 2. The first-order chi connectivity index (χ1) is 15.4. The maximum absolute atomic E-state index is 11.5. The number of carbonyl (C=O) groups is 2. The summed E-state index contributed by atoms with van der Waals surface area (Å²) in [7, 11) is 0. The second-order valence-corrected chi connectivity index (χ2v) is 8.68. The Morgan fingerprint density at radius 3 is 2.50 bits per heavy atom. The molecule has 2 aromatic carbocycles. The van der Waals surface area contributed by atoms with E-state index in [1.165, 1.54) is 0 Å². The Morgan fingerprint density at radius 1 is 1.06 bits per heavy atom. The van der Waals surface area contributed by atoms with Crippen LogP contribution in [0.25, 0.3) is 37.2 Å². The number of fused-ring (bicyclic) bond motifs is 3. The van der Waals surface area contributed by atoms with Gasteiger partial charge in [-0.25, -0.2) is 9.78 Å². The van der Waals surface area contributed by atoms with Gasteiger partial charge in [0.05, 0.1) is 5.56 Å². The summed E-state index contributed by atoms with van der Waals surface area (Å²) in [6.07, 6.45) is 3.89. The predicted octanol–water partition coefficient (Wildman–Crippen LogP) is 4.59. The molecule has 32 heavy (non-hydrogen) atoms. The lowest BCUT2D eigenvalue weighted by atomic mass is 10.1. The summed E-state index contributed by atoms with van der Waals surface area (Å²) in [5.74, 6) is -0.459. The number of aromatic carboxylic acids is 1. The highest BCUT2D eigenvalue weighted by Gasteiger charge is 2.15. The molecule has 3 heterocycles. The van der Waals surface area contributed by atoms with Crippen molar-refractivity contribution >= 4 is 45.0 Å². The van der Waals surface area contributed by atoms with Crippen molar-refractivity contribution in [2.45, 2.75) is 19.9 Å². The van der Waals surface area contributed by atoms with E-state index >= 15 is 0 Å². The van der Waals surface area contributed by atoms with Crippen LogP contribution in [0.3, 0.4) is 0 Å². The number of aromatic nitrogens is 3. The van der Waals surface area contributed by atoms with Crippen molar-refractivity contribution in [3.05, 3.63) is 72.3 Å². The topological polar surface area (TPSA) is 103 Å². The Morgan fingerprint density at radius 2 is 1.81 bits per heavy atom. The molecule has 0 spiro atoms. The summed E-state index contributed by atoms with van der Waals surface area (Å²) in [5.41, 5.74) is 8.38. The summed E-state index contributed by atoms with van der Waals surface area (Å²) in [6.45, 7) is 2.35. The van der Waals surface area contributed by atoms with E-state index < -0.39 is 11.9 Å². The molecule has 0 aliphatic rings. The molecule has 0 aliphatic carbocycles. The first-order valence-corrected chi connectivity index (χ1v) is 10.9. The second-order valence-electron chi connectivity index (χ2n) is 7.62. The molecule has 8 heteroatoms. The van der Waals surface area contributed by atoms with Gasteiger partial charge < -0.3 is 15.4 Å². The van der Waals surface area contributed by atoms with Gasteiger partial charge in [-0.3, -0.25) is 9.36 Å². The molecule has 7 nitrogen and oxygen atoms in total. The van der Waals surface area contributed by atoms with Crippen LogP contribution >= 0.6 is 11.3 Å². The fourth-order valence-corrected chi connectivity index (χ4v) is 5.10. The van der Waals surface area contributed by atoms with Gasteiger partial charge >= 0.3 is 5.97 Å². The molecule has 0 fully saturated rings. The summed E-state index contributed by atoms with van der Waals surface area (Å²) >= 11 is 1.67. The van der Waals surface area contributed by atoms with Crippen LogP contribution in [-0.2, 0) is 11.3 Å². The van der Waals surface area contributed by atoms with E-state index in [1.807, 2.05) is 28.3 Å². The SMILES string of the molecule is Cc1nccn1-c1ccc(-c2ccc3c4ccc(C(=O)O)cc4n(CCC(N)=O)c3c2)s1. The average Bonchev–Trinajstić information content (AvgIpc) is 3.48. The number of nitrogens with zero attached hydrogens (tertiary/aromatic N) is 3. The van der Waals surface area contributed by atoms with E-state index in [-0.39, 0.29) is 12.0 Å². The Hall–Kier alpha value is -3.91. The number of carbonyl (C=O) groups excluding carboxylic acids is 1. The summed E-state index contributed by atoms with van der Waals surface area (Å²) in [5, 5.41) is 12.5. The van der Waals surface area contributed by atoms with Gasteiger partial charge in [-0.15, -0.1) is 11.3 Å². The number of thiophene rings is 1. The highest BCUT2D eigenvalue weighted by Crippen LogP contribution is 2.36. The maximum atomic E-state index is 11.5. The molecular weight excluding hydrogens is 424 g/mol. The van der Waals surface area contributed by atoms with E-state index in [9.17, 15) is 14.7 Å². The molecule has 0 atom stereocenters. The largest absolute Gasteiger partial charge is 0.478 e. The predicted molar refractivity (Wildman–Crippen MR) is 125 cm³/mol. The van der Waals surface area contributed by atoms with Crippen molar-refractivity contribution in [3.63, 3.8) is 0 Å². The van der Waals surface area contributed by atoms with Crippen LogP contribution in [0.2, 0.25) is 0 Å². The van der Waals surface area contributed by atoms with Crippen LogP contribution in [0.4, 0.5) is 0 Å². The molecule has 0 radical (unpaired) electrons. The first kappa shape index (κ1) is 20.0. The smallest absolute Gasteiger partial charge is 0.335 e. The number of benzene rings is 2. The van der Waals surface area contributed by atoms with Crippen LogP contribution in [0.15, 0.2) is 60.9 Å². The summed E-state index contributed by atoms with van der Waals surface area (Å²) < 4.78 is 4.03. The van der Waals surface area contributed by atoms with E-state index in [4.69, 9.17) is 5.73 Å². The third-order valence-electron chi connectivity index (χ3n) is 5.64. The average molecular weight is 445 g/mol. The zero-order valence-corrected chi connectivity index (χ0v) is 18.1. The fraction of sp³-hybridized carbons (Fsp3) is 0.125. The zero-order valence-electron chi connectivity index (χ0n) is 17.3. The van der Waals surface area contributed by atoms with Crippen LogP contribution < -0.4 is 5.73 Å². The number of nitrogens with two attached hydrogens (primary N) is 1. The second kappa shape index (κ2) is 7.65. The van der Waals surface area contributed by atoms with Gasteiger partial charge in [0, 0.05) is 52.0 Å². The van der Waals surface area contributed by atoms with E-state index in [0.29, 0.717) is 6.54 Å². The van der Waals surface area contributed by atoms with Crippen LogP contribution in [-0.4, -0.2) is 31.1 Å². The minimum atomic E-state index is -0.986. The van der Waals surface area contributed by atoms with Crippen molar-refractivity contribution < 1.29 is 14.7 Å². The van der Waals surface area contributed by atoms with E-state index in [1.54, 1.807) is 29.7 Å². The van der Waals surface area contributed by atoms with Gasteiger partial charge in [-0.05, 0) is 42.8 Å². The van der Waals surface area contributed by atoms with Crippen molar-refractivity contribution in [2.75, 3.05) is 0 Å². The maximum Gasteiger partial charge on any atom is 0.335 e. The number of carboxylic acids is 1. The Kier molecular flexibility index (Phi) is 4.79. The molecule has 160 valence electrons. The van der Waals surface area contributed by atoms with Crippen LogP contribution in [0.5, 0.6) is 0 Å². The monoisotopic (exact) mass is 444 g/mol.